The highest BCUT2D eigenvalue weighted by molar-refractivity contribution is 7.89. The standard InChI is InChI=1S/C18H30N2O3S/c1-15(2)17-5-7-18(8-6-17)24(21,22)20-11-9-19(10-12-20)13-14-23-16(3)4/h5-8,15-16H,9-14H2,1-4H3. The Morgan fingerprint density at radius 2 is 1.58 bits per heavy atom. The molecule has 0 saturated carbocycles. The van der Waals surface area contributed by atoms with E-state index in [1.807, 2.05) is 26.0 Å². The monoisotopic (exact) mass is 354 g/mol. The Hall–Kier alpha value is -0.950. The molecule has 1 heterocycles. The maximum absolute atomic E-state index is 12.8. The average Bonchev–Trinajstić information content (AvgIpc) is 2.55. The van der Waals surface area contributed by atoms with Crippen LogP contribution in [-0.2, 0) is 14.8 Å². The smallest absolute Gasteiger partial charge is 0.243 e. The molecule has 24 heavy (non-hydrogen) atoms. The molecule has 1 fully saturated rings. The molecule has 0 spiro atoms. The van der Waals surface area contributed by atoms with Crippen molar-refractivity contribution in [1.29, 1.82) is 0 Å². The number of sulfonamides is 1. The molecule has 0 amide bonds. The van der Waals surface area contributed by atoms with Gasteiger partial charge in [-0.15, -0.1) is 0 Å². The third kappa shape index (κ3) is 5.02. The van der Waals surface area contributed by atoms with E-state index in [0.717, 1.165) is 25.2 Å². The van der Waals surface area contributed by atoms with Crippen LogP contribution in [0.2, 0.25) is 0 Å². The van der Waals surface area contributed by atoms with Gasteiger partial charge in [-0.05, 0) is 37.5 Å². The van der Waals surface area contributed by atoms with Crippen molar-refractivity contribution >= 4 is 10.0 Å². The lowest BCUT2D eigenvalue weighted by molar-refractivity contribution is 0.0521. The number of benzene rings is 1. The van der Waals surface area contributed by atoms with E-state index in [1.54, 1.807) is 16.4 Å². The number of hydrogen-bond acceptors (Lipinski definition) is 4. The fourth-order valence-electron chi connectivity index (χ4n) is 2.78. The van der Waals surface area contributed by atoms with Gasteiger partial charge in [0.1, 0.15) is 0 Å². The van der Waals surface area contributed by atoms with Crippen LogP contribution >= 0.6 is 0 Å². The van der Waals surface area contributed by atoms with E-state index in [9.17, 15) is 8.42 Å². The molecule has 1 aromatic carbocycles. The van der Waals surface area contributed by atoms with Crippen LogP contribution in [0.5, 0.6) is 0 Å². The van der Waals surface area contributed by atoms with Gasteiger partial charge < -0.3 is 4.74 Å². The van der Waals surface area contributed by atoms with Gasteiger partial charge >= 0.3 is 0 Å². The minimum atomic E-state index is -3.39. The third-order valence-electron chi connectivity index (χ3n) is 4.37. The SMILES string of the molecule is CC(C)OCCN1CCN(S(=O)(=O)c2ccc(C(C)C)cc2)CC1. The zero-order valence-corrected chi connectivity index (χ0v) is 16.1. The van der Waals surface area contributed by atoms with E-state index >= 15 is 0 Å². The Balaban J connectivity index is 1.92. The molecular weight excluding hydrogens is 324 g/mol. The lowest BCUT2D eigenvalue weighted by Crippen LogP contribution is -2.49. The highest BCUT2D eigenvalue weighted by Crippen LogP contribution is 2.21. The zero-order chi connectivity index (χ0) is 17.7. The summed E-state index contributed by atoms with van der Waals surface area (Å²) in [6.45, 7) is 12.4. The largest absolute Gasteiger partial charge is 0.377 e. The number of rotatable bonds is 7. The van der Waals surface area contributed by atoms with Gasteiger partial charge in [-0.3, -0.25) is 4.90 Å². The van der Waals surface area contributed by atoms with Gasteiger partial charge in [-0.1, -0.05) is 26.0 Å². The number of nitrogens with zero attached hydrogens (tertiary/aromatic N) is 2. The average molecular weight is 355 g/mol. The molecule has 0 unspecified atom stereocenters. The van der Waals surface area contributed by atoms with E-state index in [-0.39, 0.29) is 6.10 Å². The van der Waals surface area contributed by atoms with Gasteiger partial charge in [-0.2, -0.15) is 4.31 Å². The van der Waals surface area contributed by atoms with E-state index in [4.69, 9.17) is 4.74 Å². The van der Waals surface area contributed by atoms with Crippen LogP contribution < -0.4 is 0 Å². The van der Waals surface area contributed by atoms with Crippen molar-refractivity contribution in [3.8, 4) is 0 Å². The predicted molar refractivity (Wildman–Crippen MR) is 96.8 cm³/mol. The van der Waals surface area contributed by atoms with Crippen molar-refractivity contribution in [2.45, 2.75) is 44.6 Å². The summed E-state index contributed by atoms with van der Waals surface area (Å²) in [6.07, 6.45) is 0.237. The second kappa shape index (κ2) is 8.43. The zero-order valence-electron chi connectivity index (χ0n) is 15.2. The van der Waals surface area contributed by atoms with Crippen molar-refractivity contribution < 1.29 is 13.2 Å². The van der Waals surface area contributed by atoms with Crippen LogP contribution in [0.15, 0.2) is 29.2 Å². The molecule has 0 bridgehead atoms. The molecule has 1 aromatic rings. The Bertz CT molecular complexity index is 604. The van der Waals surface area contributed by atoms with Crippen LogP contribution in [0.25, 0.3) is 0 Å². The van der Waals surface area contributed by atoms with E-state index in [2.05, 4.69) is 18.7 Å². The highest BCUT2D eigenvalue weighted by atomic mass is 32.2. The van der Waals surface area contributed by atoms with E-state index in [0.29, 0.717) is 30.5 Å². The van der Waals surface area contributed by atoms with Crippen molar-refractivity contribution in [2.24, 2.45) is 0 Å². The molecule has 0 N–H and O–H groups in total. The first-order valence-corrected chi connectivity index (χ1v) is 10.2. The first-order chi connectivity index (χ1) is 11.3. The van der Waals surface area contributed by atoms with E-state index < -0.39 is 10.0 Å². The molecule has 1 aliphatic heterocycles. The summed E-state index contributed by atoms with van der Waals surface area (Å²) in [6, 6.07) is 7.29. The highest BCUT2D eigenvalue weighted by Gasteiger charge is 2.28. The first kappa shape index (κ1) is 19.4. The minimum absolute atomic E-state index is 0.237. The fourth-order valence-corrected chi connectivity index (χ4v) is 4.21. The van der Waals surface area contributed by atoms with Crippen molar-refractivity contribution in [3.05, 3.63) is 29.8 Å². The first-order valence-electron chi connectivity index (χ1n) is 8.74. The molecule has 136 valence electrons. The molecule has 0 aliphatic carbocycles. The number of ether oxygens (including phenoxy) is 1. The molecule has 0 radical (unpaired) electrons. The third-order valence-corrected chi connectivity index (χ3v) is 6.29. The normalized spacial score (nSPS) is 17.8. The second-order valence-electron chi connectivity index (χ2n) is 6.89. The van der Waals surface area contributed by atoms with Crippen LogP contribution in [0, 0.1) is 0 Å². The Kier molecular flexibility index (Phi) is 6.80. The summed E-state index contributed by atoms with van der Waals surface area (Å²) in [5.41, 5.74) is 1.16. The Labute approximate surface area is 146 Å². The molecule has 0 atom stereocenters. The summed E-state index contributed by atoms with van der Waals surface area (Å²) >= 11 is 0. The maximum Gasteiger partial charge on any atom is 0.243 e. The number of hydrogen-bond donors (Lipinski definition) is 0. The van der Waals surface area contributed by atoms with Crippen LogP contribution in [0.3, 0.4) is 0 Å². The fraction of sp³-hybridized carbons (Fsp3) is 0.667. The van der Waals surface area contributed by atoms with Gasteiger partial charge in [0.25, 0.3) is 0 Å². The quantitative estimate of drug-likeness (QED) is 0.755. The lowest BCUT2D eigenvalue weighted by Gasteiger charge is -2.34. The summed E-state index contributed by atoms with van der Waals surface area (Å²) in [5.74, 6) is 0.401. The number of piperazine rings is 1. The van der Waals surface area contributed by atoms with Gasteiger partial charge in [0.2, 0.25) is 10.0 Å². The molecule has 2 rings (SSSR count). The van der Waals surface area contributed by atoms with Crippen LogP contribution in [0.1, 0.15) is 39.2 Å². The molecule has 6 heteroatoms. The second-order valence-corrected chi connectivity index (χ2v) is 8.83. The van der Waals surface area contributed by atoms with Crippen molar-refractivity contribution in [2.75, 3.05) is 39.3 Å². The maximum atomic E-state index is 12.8. The van der Waals surface area contributed by atoms with Gasteiger partial charge in [-0.25, -0.2) is 8.42 Å². The van der Waals surface area contributed by atoms with E-state index in [1.165, 1.54) is 0 Å². The van der Waals surface area contributed by atoms with Gasteiger partial charge in [0, 0.05) is 32.7 Å². The minimum Gasteiger partial charge on any atom is -0.377 e. The Morgan fingerprint density at radius 3 is 2.08 bits per heavy atom. The van der Waals surface area contributed by atoms with Gasteiger partial charge in [0.05, 0.1) is 17.6 Å². The summed E-state index contributed by atoms with van der Waals surface area (Å²) < 4.78 is 32.7. The van der Waals surface area contributed by atoms with Crippen molar-refractivity contribution in [3.63, 3.8) is 0 Å². The Morgan fingerprint density at radius 1 is 1.00 bits per heavy atom. The lowest BCUT2D eigenvalue weighted by atomic mass is 10.0. The van der Waals surface area contributed by atoms with Gasteiger partial charge in [0.15, 0.2) is 0 Å². The molecule has 1 saturated heterocycles. The topological polar surface area (TPSA) is 49.9 Å². The van der Waals surface area contributed by atoms with Crippen LogP contribution in [-0.4, -0.2) is 63.1 Å². The molecule has 5 nitrogen and oxygen atoms in total. The molecular formula is C18H30N2O3S. The molecule has 1 aliphatic rings. The van der Waals surface area contributed by atoms with Crippen LogP contribution in [0.4, 0.5) is 0 Å². The summed E-state index contributed by atoms with van der Waals surface area (Å²) in [5, 5.41) is 0. The summed E-state index contributed by atoms with van der Waals surface area (Å²) in [7, 11) is -3.39. The summed E-state index contributed by atoms with van der Waals surface area (Å²) in [4.78, 5) is 2.65. The predicted octanol–water partition coefficient (Wildman–Crippen LogP) is 2.54. The molecule has 0 aromatic heterocycles. The van der Waals surface area contributed by atoms with Crippen molar-refractivity contribution in [1.82, 2.24) is 9.21 Å².